The molecule has 0 bridgehead atoms. The number of hydrogen-bond acceptors (Lipinski definition) is 3. The Hall–Kier alpha value is -2.20. The van der Waals surface area contributed by atoms with Gasteiger partial charge in [0.1, 0.15) is 5.75 Å². The summed E-state index contributed by atoms with van der Waals surface area (Å²) in [7, 11) is 0. The molecule has 1 amide bonds. The SMILES string of the molecule is Cc1cc(Cl)ccc1Oc1c(N)cccc1C(N)=O. The molecule has 98 valence electrons. The van der Waals surface area contributed by atoms with Gasteiger partial charge in [-0.05, 0) is 42.8 Å². The molecule has 0 aliphatic heterocycles. The average molecular weight is 277 g/mol. The number of ether oxygens (including phenoxy) is 1. The number of aryl methyl sites for hydroxylation is 1. The topological polar surface area (TPSA) is 78.3 Å². The highest BCUT2D eigenvalue weighted by molar-refractivity contribution is 6.30. The van der Waals surface area contributed by atoms with Crippen LogP contribution in [0.15, 0.2) is 36.4 Å². The minimum absolute atomic E-state index is 0.245. The monoisotopic (exact) mass is 276 g/mol. The number of carbonyl (C=O) groups excluding carboxylic acids is 1. The van der Waals surface area contributed by atoms with Gasteiger partial charge in [-0.25, -0.2) is 0 Å². The highest BCUT2D eigenvalue weighted by Crippen LogP contribution is 2.33. The zero-order valence-electron chi connectivity index (χ0n) is 10.3. The van der Waals surface area contributed by atoms with Crippen molar-refractivity contribution in [1.82, 2.24) is 0 Å². The molecular formula is C14H13ClN2O2. The van der Waals surface area contributed by atoms with E-state index >= 15 is 0 Å². The molecule has 0 heterocycles. The number of carbonyl (C=O) groups is 1. The lowest BCUT2D eigenvalue weighted by molar-refractivity contribution is 0.0998. The quantitative estimate of drug-likeness (QED) is 0.846. The summed E-state index contributed by atoms with van der Waals surface area (Å²) in [6.45, 7) is 1.85. The number of para-hydroxylation sites is 1. The summed E-state index contributed by atoms with van der Waals surface area (Å²) in [6, 6.07) is 10.0. The fourth-order valence-corrected chi connectivity index (χ4v) is 1.93. The van der Waals surface area contributed by atoms with E-state index in [2.05, 4.69) is 0 Å². The number of hydrogen-bond donors (Lipinski definition) is 2. The van der Waals surface area contributed by atoms with Crippen LogP contribution in [0.25, 0.3) is 0 Å². The number of primary amides is 1. The van der Waals surface area contributed by atoms with E-state index in [-0.39, 0.29) is 11.3 Å². The van der Waals surface area contributed by atoms with Crippen molar-refractivity contribution >= 4 is 23.2 Å². The average Bonchev–Trinajstić information content (AvgIpc) is 2.34. The molecule has 0 aliphatic rings. The number of amides is 1. The molecule has 0 saturated carbocycles. The van der Waals surface area contributed by atoms with Crippen LogP contribution in [-0.2, 0) is 0 Å². The lowest BCUT2D eigenvalue weighted by atomic mass is 10.1. The molecule has 0 spiro atoms. The van der Waals surface area contributed by atoms with E-state index in [1.807, 2.05) is 6.92 Å². The molecule has 0 atom stereocenters. The van der Waals surface area contributed by atoms with Gasteiger partial charge in [0, 0.05) is 5.02 Å². The van der Waals surface area contributed by atoms with Crippen LogP contribution in [0.3, 0.4) is 0 Å². The van der Waals surface area contributed by atoms with Crippen molar-refractivity contribution < 1.29 is 9.53 Å². The van der Waals surface area contributed by atoms with E-state index in [0.29, 0.717) is 16.5 Å². The molecule has 2 aromatic carbocycles. The Balaban J connectivity index is 2.46. The van der Waals surface area contributed by atoms with Crippen LogP contribution in [0.4, 0.5) is 5.69 Å². The Morgan fingerprint density at radius 3 is 2.63 bits per heavy atom. The summed E-state index contributed by atoms with van der Waals surface area (Å²) in [4.78, 5) is 11.4. The van der Waals surface area contributed by atoms with E-state index in [4.69, 9.17) is 27.8 Å². The first-order chi connectivity index (χ1) is 8.99. The van der Waals surface area contributed by atoms with Crippen LogP contribution in [0.1, 0.15) is 15.9 Å². The van der Waals surface area contributed by atoms with Gasteiger partial charge < -0.3 is 16.2 Å². The standard InChI is InChI=1S/C14H13ClN2O2/c1-8-7-9(15)5-6-12(8)19-13-10(14(17)18)3-2-4-11(13)16/h2-7H,16H2,1H3,(H2,17,18). The molecule has 0 fully saturated rings. The number of rotatable bonds is 3. The minimum atomic E-state index is -0.589. The predicted molar refractivity (Wildman–Crippen MR) is 75.6 cm³/mol. The second kappa shape index (κ2) is 5.20. The third-order valence-electron chi connectivity index (χ3n) is 2.66. The lowest BCUT2D eigenvalue weighted by Gasteiger charge is -2.13. The zero-order chi connectivity index (χ0) is 14.0. The molecule has 19 heavy (non-hydrogen) atoms. The summed E-state index contributed by atoms with van der Waals surface area (Å²) in [5.74, 6) is 0.249. The molecule has 4 N–H and O–H groups in total. The van der Waals surface area contributed by atoms with Gasteiger partial charge in [-0.2, -0.15) is 0 Å². The molecule has 4 nitrogen and oxygen atoms in total. The maximum atomic E-state index is 11.4. The van der Waals surface area contributed by atoms with Crippen LogP contribution >= 0.6 is 11.6 Å². The number of benzene rings is 2. The van der Waals surface area contributed by atoms with Crippen molar-refractivity contribution in [2.24, 2.45) is 5.73 Å². The summed E-state index contributed by atoms with van der Waals surface area (Å²) in [6.07, 6.45) is 0. The van der Waals surface area contributed by atoms with Crippen LogP contribution in [0, 0.1) is 6.92 Å². The van der Waals surface area contributed by atoms with Gasteiger partial charge in [-0.3, -0.25) is 4.79 Å². The fraction of sp³-hybridized carbons (Fsp3) is 0.0714. The summed E-state index contributed by atoms with van der Waals surface area (Å²) in [5, 5.41) is 0.612. The Morgan fingerprint density at radius 2 is 2.00 bits per heavy atom. The van der Waals surface area contributed by atoms with Crippen molar-refractivity contribution in [2.45, 2.75) is 6.92 Å². The van der Waals surface area contributed by atoms with Crippen LogP contribution in [-0.4, -0.2) is 5.91 Å². The first-order valence-corrected chi connectivity index (χ1v) is 5.99. The van der Waals surface area contributed by atoms with Crippen LogP contribution < -0.4 is 16.2 Å². The van der Waals surface area contributed by atoms with Crippen molar-refractivity contribution in [1.29, 1.82) is 0 Å². The summed E-state index contributed by atoms with van der Waals surface area (Å²) < 4.78 is 5.70. The number of nitrogens with two attached hydrogens (primary N) is 2. The Bertz CT molecular complexity index is 641. The van der Waals surface area contributed by atoms with Crippen LogP contribution in [0.2, 0.25) is 5.02 Å². The third kappa shape index (κ3) is 2.80. The minimum Gasteiger partial charge on any atom is -0.454 e. The van der Waals surface area contributed by atoms with Gasteiger partial charge in [-0.1, -0.05) is 17.7 Å². The smallest absolute Gasteiger partial charge is 0.252 e. The van der Waals surface area contributed by atoms with Gasteiger partial charge in [0.15, 0.2) is 5.75 Å². The van der Waals surface area contributed by atoms with Gasteiger partial charge >= 0.3 is 0 Å². The molecule has 0 radical (unpaired) electrons. The van der Waals surface area contributed by atoms with Gasteiger partial charge in [0.25, 0.3) is 5.91 Å². The Labute approximate surface area is 115 Å². The number of anilines is 1. The van der Waals surface area contributed by atoms with Gasteiger partial charge in [-0.15, -0.1) is 0 Å². The van der Waals surface area contributed by atoms with Crippen molar-refractivity contribution in [2.75, 3.05) is 5.73 Å². The summed E-state index contributed by atoms with van der Waals surface area (Å²) in [5.41, 5.74) is 12.6. The van der Waals surface area contributed by atoms with Crippen molar-refractivity contribution in [3.8, 4) is 11.5 Å². The molecule has 2 rings (SSSR count). The second-order valence-electron chi connectivity index (χ2n) is 4.10. The number of nitrogen functional groups attached to an aromatic ring is 1. The molecular weight excluding hydrogens is 264 g/mol. The van der Waals surface area contributed by atoms with E-state index in [1.165, 1.54) is 0 Å². The highest BCUT2D eigenvalue weighted by atomic mass is 35.5. The molecule has 0 saturated heterocycles. The molecule has 2 aromatic rings. The fourth-order valence-electron chi connectivity index (χ4n) is 1.70. The highest BCUT2D eigenvalue weighted by Gasteiger charge is 2.14. The first kappa shape index (κ1) is 13.2. The van der Waals surface area contributed by atoms with E-state index in [1.54, 1.807) is 36.4 Å². The summed E-state index contributed by atoms with van der Waals surface area (Å²) >= 11 is 5.88. The molecule has 0 unspecified atom stereocenters. The van der Waals surface area contributed by atoms with Gasteiger partial charge in [0.05, 0.1) is 11.3 Å². The largest absolute Gasteiger partial charge is 0.454 e. The van der Waals surface area contributed by atoms with Crippen molar-refractivity contribution in [3.05, 3.63) is 52.5 Å². The second-order valence-corrected chi connectivity index (χ2v) is 4.54. The molecule has 0 aromatic heterocycles. The third-order valence-corrected chi connectivity index (χ3v) is 2.90. The maximum Gasteiger partial charge on any atom is 0.252 e. The zero-order valence-corrected chi connectivity index (χ0v) is 11.1. The predicted octanol–water partition coefficient (Wildman–Crippen LogP) is 3.12. The molecule has 0 aliphatic carbocycles. The number of halogens is 1. The van der Waals surface area contributed by atoms with E-state index < -0.39 is 5.91 Å². The maximum absolute atomic E-state index is 11.4. The van der Waals surface area contributed by atoms with E-state index in [0.717, 1.165) is 5.56 Å². The normalized spacial score (nSPS) is 10.2. The Kier molecular flexibility index (Phi) is 3.62. The van der Waals surface area contributed by atoms with Crippen LogP contribution in [0.5, 0.6) is 11.5 Å². The molecule has 5 heteroatoms. The first-order valence-electron chi connectivity index (χ1n) is 5.61. The van der Waals surface area contributed by atoms with Gasteiger partial charge in [0.2, 0.25) is 0 Å². The van der Waals surface area contributed by atoms with E-state index in [9.17, 15) is 4.79 Å². The Morgan fingerprint density at radius 1 is 1.26 bits per heavy atom. The lowest BCUT2D eigenvalue weighted by Crippen LogP contribution is -2.13. The van der Waals surface area contributed by atoms with Crippen molar-refractivity contribution in [3.63, 3.8) is 0 Å².